The van der Waals surface area contributed by atoms with Crippen LogP contribution < -0.4 is 4.74 Å². The lowest BCUT2D eigenvalue weighted by molar-refractivity contribution is 0.413. The Kier molecular flexibility index (Phi) is 2.26. The van der Waals surface area contributed by atoms with Crippen LogP contribution in [-0.4, -0.2) is 22.1 Å². The van der Waals surface area contributed by atoms with Crippen LogP contribution in [0.15, 0.2) is 43.0 Å². The SMILES string of the molecule is COc1cncc(-c2ccnc3[nH]ccc23)c1. The Morgan fingerprint density at radius 2 is 2.18 bits per heavy atom. The number of hydrogen-bond donors (Lipinski definition) is 1. The van der Waals surface area contributed by atoms with Gasteiger partial charge in [-0.1, -0.05) is 0 Å². The summed E-state index contributed by atoms with van der Waals surface area (Å²) in [5, 5.41) is 1.09. The van der Waals surface area contributed by atoms with Crippen LogP contribution in [-0.2, 0) is 0 Å². The largest absolute Gasteiger partial charge is 0.495 e. The van der Waals surface area contributed by atoms with Gasteiger partial charge in [-0.15, -0.1) is 0 Å². The van der Waals surface area contributed by atoms with E-state index in [-0.39, 0.29) is 0 Å². The van der Waals surface area contributed by atoms with Gasteiger partial charge in [-0.05, 0) is 23.8 Å². The molecule has 1 N–H and O–H groups in total. The number of aromatic amines is 1. The molecule has 0 aliphatic rings. The molecule has 3 aromatic heterocycles. The summed E-state index contributed by atoms with van der Waals surface area (Å²) in [5.41, 5.74) is 3.00. The summed E-state index contributed by atoms with van der Waals surface area (Å²) in [6.45, 7) is 0. The topological polar surface area (TPSA) is 50.8 Å². The van der Waals surface area contributed by atoms with E-state index in [1.165, 1.54) is 0 Å². The van der Waals surface area contributed by atoms with Crippen molar-refractivity contribution in [1.82, 2.24) is 15.0 Å². The van der Waals surface area contributed by atoms with Crippen LogP contribution in [0.1, 0.15) is 0 Å². The summed E-state index contributed by atoms with van der Waals surface area (Å²) in [6, 6.07) is 5.96. The van der Waals surface area contributed by atoms with Gasteiger partial charge in [0.1, 0.15) is 11.4 Å². The minimum atomic E-state index is 0.753. The van der Waals surface area contributed by atoms with Crippen LogP contribution in [0.5, 0.6) is 5.75 Å². The number of fused-ring (bicyclic) bond motifs is 1. The number of pyridine rings is 2. The zero-order valence-corrected chi connectivity index (χ0v) is 9.34. The predicted octanol–water partition coefficient (Wildman–Crippen LogP) is 2.63. The first kappa shape index (κ1) is 9.84. The average Bonchev–Trinajstić information content (AvgIpc) is 2.87. The smallest absolute Gasteiger partial charge is 0.137 e. The van der Waals surface area contributed by atoms with Gasteiger partial charge in [0.05, 0.1) is 13.3 Å². The molecule has 0 aromatic carbocycles. The molecule has 0 atom stereocenters. The third kappa shape index (κ3) is 1.63. The highest BCUT2D eigenvalue weighted by Crippen LogP contribution is 2.28. The second-order valence-electron chi connectivity index (χ2n) is 3.71. The molecule has 0 aliphatic carbocycles. The molecule has 3 rings (SSSR count). The fourth-order valence-electron chi connectivity index (χ4n) is 1.89. The van der Waals surface area contributed by atoms with Crippen molar-refractivity contribution in [3.05, 3.63) is 43.0 Å². The van der Waals surface area contributed by atoms with E-state index in [9.17, 15) is 0 Å². The minimum absolute atomic E-state index is 0.753. The third-order valence-corrected chi connectivity index (χ3v) is 2.72. The van der Waals surface area contributed by atoms with E-state index >= 15 is 0 Å². The molecule has 0 unspecified atom stereocenters. The van der Waals surface area contributed by atoms with Crippen molar-refractivity contribution in [2.45, 2.75) is 0 Å². The molecule has 4 heteroatoms. The fraction of sp³-hybridized carbons (Fsp3) is 0.0769. The zero-order chi connectivity index (χ0) is 11.7. The van der Waals surface area contributed by atoms with Crippen LogP contribution >= 0.6 is 0 Å². The van der Waals surface area contributed by atoms with Gasteiger partial charge < -0.3 is 9.72 Å². The normalized spacial score (nSPS) is 10.6. The Balaban J connectivity index is 2.23. The Bertz CT molecular complexity index is 660. The van der Waals surface area contributed by atoms with Crippen LogP contribution in [0.25, 0.3) is 22.2 Å². The van der Waals surface area contributed by atoms with Crippen molar-refractivity contribution in [3.63, 3.8) is 0 Å². The lowest BCUT2D eigenvalue weighted by Gasteiger charge is -2.05. The van der Waals surface area contributed by atoms with E-state index in [2.05, 4.69) is 15.0 Å². The molecule has 0 saturated heterocycles. The number of hydrogen-bond acceptors (Lipinski definition) is 3. The first-order valence-electron chi connectivity index (χ1n) is 5.30. The molecule has 3 aromatic rings. The van der Waals surface area contributed by atoms with Crippen LogP contribution in [0.4, 0.5) is 0 Å². The lowest BCUT2D eigenvalue weighted by atomic mass is 10.1. The maximum absolute atomic E-state index is 5.18. The Morgan fingerprint density at radius 3 is 3.06 bits per heavy atom. The fourth-order valence-corrected chi connectivity index (χ4v) is 1.89. The van der Waals surface area contributed by atoms with Crippen LogP contribution in [0.2, 0.25) is 0 Å². The summed E-state index contributed by atoms with van der Waals surface area (Å²) in [4.78, 5) is 11.5. The third-order valence-electron chi connectivity index (χ3n) is 2.72. The molecule has 0 amide bonds. The van der Waals surface area contributed by atoms with Gasteiger partial charge in [0, 0.05) is 29.5 Å². The molecule has 0 aliphatic heterocycles. The van der Waals surface area contributed by atoms with E-state index < -0.39 is 0 Å². The number of ether oxygens (including phenoxy) is 1. The molecule has 17 heavy (non-hydrogen) atoms. The second-order valence-corrected chi connectivity index (χ2v) is 3.71. The molecular formula is C13H11N3O. The molecule has 0 fully saturated rings. The average molecular weight is 225 g/mol. The van der Waals surface area contributed by atoms with Gasteiger partial charge in [-0.3, -0.25) is 4.98 Å². The van der Waals surface area contributed by atoms with Gasteiger partial charge in [0.2, 0.25) is 0 Å². The van der Waals surface area contributed by atoms with Gasteiger partial charge in [0.25, 0.3) is 0 Å². The molecule has 4 nitrogen and oxygen atoms in total. The van der Waals surface area contributed by atoms with E-state index in [0.29, 0.717) is 0 Å². The van der Waals surface area contributed by atoms with Crippen LogP contribution in [0.3, 0.4) is 0 Å². The zero-order valence-electron chi connectivity index (χ0n) is 9.34. The van der Waals surface area contributed by atoms with E-state index in [4.69, 9.17) is 4.74 Å². The van der Waals surface area contributed by atoms with Crippen LogP contribution in [0, 0.1) is 0 Å². The summed E-state index contributed by atoms with van der Waals surface area (Å²) in [7, 11) is 1.64. The van der Waals surface area contributed by atoms with Crippen molar-refractivity contribution in [2.24, 2.45) is 0 Å². The van der Waals surface area contributed by atoms with Crippen molar-refractivity contribution in [2.75, 3.05) is 7.11 Å². The number of methoxy groups -OCH3 is 1. The molecule has 0 radical (unpaired) electrons. The molecule has 0 saturated carbocycles. The highest BCUT2D eigenvalue weighted by Gasteiger charge is 2.06. The summed E-state index contributed by atoms with van der Waals surface area (Å²) in [6.07, 6.45) is 7.19. The first-order valence-corrected chi connectivity index (χ1v) is 5.30. The number of H-pyrrole nitrogens is 1. The molecular weight excluding hydrogens is 214 g/mol. The Hall–Kier alpha value is -2.36. The van der Waals surface area contributed by atoms with E-state index in [1.807, 2.05) is 30.6 Å². The monoisotopic (exact) mass is 225 g/mol. The number of aromatic nitrogens is 3. The van der Waals surface area contributed by atoms with Gasteiger partial charge in [0.15, 0.2) is 0 Å². The van der Waals surface area contributed by atoms with Crippen molar-refractivity contribution in [3.8, 4) is 16.9 Å². The maximum atomic E-state index is 5.18. The standard InChI is InChI=1S/C13H11N3O/c1-17-10-6-9(7-14-8-10)11-2-4-15-13-12(11)3-5-16-13/h2-8H,1H3,(H,15,16). The van der Waals surface area contributed by atoms with E-state index in [1.54, 1.807) is 19.5 Å². The number of nitrogens with one attached hydrogen (secondary N) is 1. The van der Waals surface area contributed by atoms with Gasteiger partial charge in [-0.25, -0.2) is 4.98 Å². The molecule has 0 spiro atoms. The van der Waals surface area contributed by atoms with Gasteiger partial charge in [-0.2, -0.15) is 0 Å². The lowest BCUT2D eigenvalue weighted by Crippen LogP contribution is -1.87. The second kappa shape index (κ2) is 3.90. The molecule has 84 valence electrons. The van der Waals surface area contributed by atoms with Crippen molar-refractivity contribution in [1.29, 1.82) is 0 Å². The van der Waals surface area contributed by atoms with Crippen molar-refractivity contribution < 1.29 is 4.74 Å². The summed E-state index contributed by atoms with van der Waals surface area (Å²) < 4.78 is 5.18. The first-order chi connectivity index (χ1) is 8.38. The quantitative estimate of drug-likeness (QED) is 0.729. The molecule has 3 heterocycles. The summed E-state index contributed by atoms with van der Waals surface area (Å²) in [5.74, 6) is 0.753. The number of rotatable bonds is 2. The highest BCUT2D eigenvalue weighted by atomic mass is 16.5. The Labute approximate surface area is 98.3 Å². The summed E-state index contributed by atoms with van der Waals surface area (Å²) >= 11 is 0. The predicted molar refractivity (Wildman–Crippen MR) is 65.9 cm³/mol. The van der Waals surface area contributed by atoms with E-state index in [0.717, 1.165) is 27.9 Å². The molecule has 0 bridgehead atoms. The number of nitrogens with zero attached hydrogens (tertiary/aromatic N) is 2. The van der Waals surface area contributed by atoms with Crippen molar-refractivity contribution >= 4 is 11.0 Å². The van der Waals surface area contributed by atoms with Gasteiger partial charge >= 0.3 is 0 Å². The highest BCUT2D eigenvalue weighted by molar-refractivity contribution is 5.92. The Morgan fingerprint density at radius 1 is 1.24 bits per heavy atom. The minimum Gasteiger partial charge on any atom is -0.495 e. The maximum Gasteiger partial charge on any atom is 0.137 e.